The SMILES string of the molecule is COc1cc(OC)cc(C(=O)N2CCN(C3=Nc4ccccc4Oc4ccc(OC)cc43)CC2)c1. The topological polar surface area (TPSA) is 72.8 Å². The number of amides is 1. The maximum atomic E-state index is 13.2. The Balaban J connectivity index is 1.41. The van der Waals surface area contributed by atoms with Crippen LogP contribution in [0.3, 0.4) is 0 Å². The van der Waals surface area contributed by atoms with Crippen molar-refractivity contribution in [1.29, 1.82) is 0 Å². The lowest BCUT2D eigenvalue weighted by Gasteiger charge is -2.36. The fourth-order valence-electron chi connectivity index (χ4n) is 4.30. The zero-order chi connectivity index (χ0) is 24.4. The minimum absolute atomic E-state index is 0.0552. The molecular weight excluding hydrogens is 446 g/mol. The molecule has 0 radical (unpaired) electrons. The minimum Gasteiger partial charge on any atom is -0.497 e. The second kappa shape index (κ2) is 9.58. The first-order valence-corrected chi connectivity index (χ1v) is 11.4. The Bertz CT molecular complexity index is 1260. The van der Waals surface area contributed by atoms with Crippen molar-refractivity contribution in [2.24, 2.45) is 4.99 Å². The number of amidine groups is 1. The van der Waals surface area contributed by atoms with Gasteiger partial charge in [0.25, 0.3) is 5.91 Å². The number of ether oxygens (including phenoxy) is 4. The number of carbonyl (C=O) groups excluding carboxylic acids is 1. The van der Waals surface area contributed by atoms with Gasteiger partial charge in [0.05, 0.1) is 26.9 Å². The summed E-state index contributed by atoms with van der Waals surface area (Å²) in [5.41, 5.74) is 2.16. The van der Waals surface area contributed by atoms with Crippen LogP contribution in [0, 0.1) is 0 Å². The number of para-hydroxylation sites is 2. The maximum absolute atomic E-state index is 13.2. The molecule has 1 fully saturated rings. The van der Waals surface area contributed by atoms with E-state index in [1.807, 2.05) is 47.4 Å². The molecule has 0 atom stereocenters. The lowest BCUT2D eigenvalue weighted by molar-refractivity contribution is 0.0691. The van der Waals surface area contributed by atoms with Gasteiger partial charge < -0.3 is 28.7 Å². The smallest absolute Gasteiger partial charge is 0.254 e. The van der Waals surface area contributed by atoms with Crippen LogP contribution < -0.4 is 18.9 Å². The first kappa shape index (κ1) is 22.6. The van der Waals surface area contributed by atoms with E-state index in [0.29, 0.717) is 49.0 Å². The lowest BCUT2D eigenvalue weighted by Crippen LogP contribution is -2.50. The largest absolute Gasteiger partial charge is 0.497 e. The van der Waals surface area contributed by atoms with Gasteiger partial charge >= 0.3 is 0 Å². The molecule has 0 spiro atoms. The Morgan fingerprint density at radius 1 is 0.800 bits per heavy atom. The molecule has 2 aliphatic heterocycles. The van der Waals surface area contributed by atoms with Crippen LogP contribution in [0.25, 0.3) is 0 Å². The van der Waals surface area contributed by atoms with Gasteiger partial charge in [0.1, 0.15) is 34.5 Å². The highest BCUT2D eigenvalue weighted by Gasteiger charge is 2.28. The average molecular weight is 474 g/mol. The summed E-state index contributed by atoms with van der Waals surface area (Å²) >= 11 is 0. The van der Waals surface area contributed by atoms with Gasteiger partial charge in [-0.05, 0) is 42.5 Å². The third-order valence-electron chi connectivity index (χ3n) is 6.20. The predicted octanol–water partition coefficient (Wildman–Crippen LogP) is 4.35. The maximum Gasteiger partial charge on any atom is 0.254 e. The number of piperazine rings is 1. The van der Waals surface area contributed by atoms with Crippen molar-refractivity contribution in [1.82, 2.24) is 9.80 Å². The summed E-state index contributed by atoms with van der Waals surface area (Å²) in [7, 11) is 4.79. The number of hydrogen-bond acceptors (Lipinski definition) is 7. The Kier molecular flexibility index (Phi) is 6.18. The number of benzene rings is 3. The molecule has 0 unspecified atom stereocenters. The van der Waals surface area contributed by atoms with Gasteiger partial charge in [-0.3, -0.25) is 4.79 Å². The highest BCUT2D eigenvalue weighted by Crippen LogP contribution is 2.39. The van der Waals surface area contributed by atoms with E-state index in [4.69, 9.17) is 23.9 Å². The van der Waals surface area contributed by atoms with E-state index >= 15 is 0 Å². The zero-order valence-corrected chi connectivity index (χ0v) is 20.0. The van der Waals surface area contributed by atoms with E-state index in [0.717, 1.165) is 28.6 Å². The molecule has 8 nitrogen and oxygen atoms in total. The van der Waals surface area contributed by atoms with Crippen LogP contribution in [0.15, 0.2) is 65.7 Å². The van der Waals surface area contributed by atoms with Crippen LogP contribution in [0.4, 0.5) is 5.69 Å². The van der Waals surface area contributed by atoms with Gasteiger partial charge in [-0.1, -0.05) is 12.1 Å². The molecule has 35 heavy (non-hydrogen) atoms. The standard InChI is InChI=1S/C27H27N3O5/c1-32-19-8-9-24-22(17-19)26(28-23-6-4-5-7-25(23)35-24)29-10-12-30(13-11-29)27(31)18-14-20(33-2)16-21(15-18)34-3/h4-9,14-17H,10-13H2,1-3H3. The monoisotopic (exact) mass is 473 g/mol. The molecule has 0 aromatic heterocycles. The Morgan fingerprint density at radius 3 is 2.17 bits per heavy atom. The zero-order valence-electron chi connectivity index (χ0n) is 20.0. The van der Waals surface area contributed by atoms with Crippen molar-refractivity contribution in [2.75, 3.05) is 47.5 Å². The second-order valence-corrected chi connectivity index (χ2v) is 8.25. The summed E-state index contributed by atoms with van der Waals surface area (Å²) in [6.07, 6.45) is 0. The summed E-state index contributed by atoms with van der Waals surface area (Å²) in [6.45, 7) is 2.37. The quantitative estimate of drug-likeness (QED) is 0.561. The second-order valence-electron chi connectivity index (χ2n) is 8.25. The number of hydrogen-bond donors (Lipinski definition) is 0. The third kappa shape index (κ3) is 4.47. The van der Waals surface area contributed by atoms with Gasteiger partial charge in [-0.15, -0.1) is 0 Å². The Hall–Kier alpha value is -4.20. The summed E-state index contributed by atoms with van der Waals surface area (Å²) in [6, 6.07) is 18.7. The molecule has 2 aliphatic rings. The molecule has 1 saturated heterocycles. The third-order valence-corrected chi connectivity index (χ3v) is 6.20. The first-order chi connectivity index (χ1) is 17.1. The number of fused-ring (bicyclic) bond motifs is 2. The van der Waals surface area contributed by atoms with E-state index in [-0.39, 0.29) is 5.91 Å². The Labute approximate surface area is 204 Å². The highest BCUT2D eigenvalue weighted by molar-refractivity contribution is 6.04. The van der Waals surface area contributed by atoms with Crippen LogP contribution in [0.2, 0.25) is 0 Å². The van der Waals surface area contributed by atoms with E-state index in [1.165, 1.54) is 0 Å². The van der Waals surface area contributed by atoms with Gasteiger partial charge in [0, 0.05) is 37.8 Å². The lowest BCUT2D eigenvalue weighted by atomic mass is 10.1. The van der Waals surface area contributed by atoms with Crippen molar-refractivity contribution in [3.05, 3.63) is 71.8 Å². The van der Waals surface area contributed by atoms with Crippen molar-refractivity contribution in [3.8, 4) is 28.7 Å². The Morgan fingerprint density at radius 2 is 1.49 bits per heavy atom. The van der Waals surface area contributed by atoms with E-state index < -0.39 is 0 Å². The molecule has 5 rings (SSSR count). The fourth-order valence-corrected chi connectivity index (χ4v) is 4.30. The van der Waals surface area contributed by atoms with E-state index in [1.54, 1.807) is 39.5 Å². The molecule has 0 N–H and O–H groups in total. The molecule has 0 saturated carbocycles. The number of methoxy groups -OCH3 is 3. The van der Waals surface area contributed by atoms with Crippen LogP contribution in [0.1, 0.15) is 15.9 Å². The van der Waals surface area contributed by atoms with Crippen molar-refractivity contribution >= 4 is 17.4 Å². The first-order valence-electron chi connectivity index (χ1n) is 11.4. The predicted molar refractivity (Wildman–Crippen MR) is 133 cm³/mol. The number of rotatable bonds is 4. The minimum atomic E-state index is -0.0552. The molecule has 0 bridgehead atoms. The van der Waals surface area contributed by atoms with Gasteiger partial charge in [0.2, 0.25) is 0 Å². The average Bonchev–Trinajstić information content (AvgIpc) is 3.08. The van der Waals surface area contributed by atoms with Crippen LogP contribution in [0.5, 0.6) is 28.7 Å². The van der Waals surface area contributed by atoms with Gasteiger partial charge in [0.15, 0.2) is 5.75 Å². The van der Waals surface area contributed by atoms with Crippen LogP contribution in [-0.2, 0) is 0 Å². The fraction of sp³-hybridized carbons (Fsp3) is 0.259. The molecule has 3 aromatic rings. The molecule has 1 amide bonds. The molecule has 180 valence electrons. The van der Waals surface area contributed by atoms with Gasteiger partial charge in [-0.25, -0.2) is 4.99 Å². The van der Waals surface area contributed by atoms with E-state index in [9.17, 15) is 4.79 Å². The summed E-state index contributed by atoms with van der Waals surface area (Å²) in [5.74, 6) is 4.07. The number of nitrogens with zero attached hydrogens (tertiary/aromatic N) is 3. The molecular formula is C27H27N3O5. The summed E-state index contributed by atoms with van der Waals surface area (Å²) < 4.78 is 22.3. The molecule has 0 aliphatic carbocycles. The molecule has 2 heterocycles. The number of carbonyl (C=O) groups is 1. The van der Waals surface area contributed by atoms with Crippen molar-refractivity contribution in [2.45, 2.75) is 0 Å². The van der Waals surface area contributed by atoms with Crippen molar-refractivity contribution in [3.63, 3.8) is 0 Å². The van der Waals surface area contributed by atoms with Crippen LogP contribution in [-0.4, -0.2) is 69.1 Å². The van der Waals surface area contributed by atoms with Crippen molar-refractivity contribution < 1.29 is 23.7 Å². The van der Waals surface area contributed by atoms with E-state index in [2.05, 4.69) is 4.90 Å². The summed E-state index contributed by atoms with van der Waals surface area (Å²) in [4.78, 5) is 22.3. The molecule has 8 heteroatoms. The highest BCUT2D eigenvalue weighted by atomic mass is 16.5. The molecule has 3 aromatic carbocycles. The summed E-state index contributed by atoms with van der Waals surface area (Å²) in [5, 5.41) is 0. The normalized spacial score (nSPS) is 14.7. The van der Waals surface area contributed by atoms with Crippen LogP contribution >= 0.6 is 0 Å². The van der Waals surface area contributed by atoms with Gasteiger partial charge in [-0.2, -0.15) is 0 Å². The number of aliphatic imine (C=N–C) groups is 1.